The zero-order valence-electron chi connectivity index (χ0n) is 10.9. The van der Waals surface area contributed by atoms with Crippen LogP contribution in [0.1, 0.15) is 21.6 Å². The zero-order valence-corrected chi connectivity index (χ0v) is 12.5. The average molecular weight is 319 g/mol. The number of rotatable bonds is 3. The van der Waals surface area contributed by atoms with Gasteiger partial charge in [-0.2, -0.15) is 0 Å². The van der Waals surface area contributed by atoms with Crippen molar-refractivity contribution in [3.63, 3.8) is 0 Å². The van der Waals surface area contributed by atoms with E-state index in [2.05, 4.69) is 20.9 Å². The van der Waals surface area contributed by atoms with E-state index in [0.717, 1.165) is 15.7 Å². The summed E-state index contributed by atoms with van der Waals surface area (Å²) in [6.45, 7) is 2.46. The third-order valence-electron chi connectivity index (χ3n) is 2.80. The lowest BCUT2D eigenvalue weighted by molar-refractivity contribution is 0.0785. The molecule has 98 valence electrons. The Morgan fingerprint density at radius 3 is 2.79 bits per heavy atom. The number of hydrogen-bond acceptors (Lipinski definition) is 2. The Hall–Kier alpha value is -1.68. The fraction of sp³-hybridized carbons (Fsp3) is 0.200. The molecule has 4 heteroatoms. The van der Waals surface area contributed by atoms with Crippen molar-refractivity contribution >= 4 is 21.8 Å². The summed E-state index contributed by atoms with van der Waals surface area (Å²) in [7, 11) is 1.80. The molecule has 2 rings (SSSR count). The minimum Gasteiger partial charge on any atom is -0.337 e. The number of pyridine rings is 1. The fourth-order valence-corrected chi connectivity index (χ4v) is 2.33. The third-order valence-corrected chi connectivity index (χ3v) is 3.29. The average Bonchev–Trinajstić information content (AvgIpc) is 2.38. The van der Waals surface area contributed by atoms with Gasteiger partial charge >= 0.3 is 0 Å². The number of amides is 1. The van der Waals surface area contributed by atoms with Gasteiger partial charge < -0.3 is 4.90 Å². The van der Waals surface area contributed by atoms with E-state index < -0.39 is 0 Å². The van der Waals surface area contributed by atoms with E-state index in [1.54, 1.807) is 30.3 Å². The van der Waals surface area contributed by atoms with Gasteiger partial charge in [0.05, 0.1) is 0 Å². The number of hydrogen-bond donors (Lipinski definition) is 0. The van der Waals surface area contributed by atoms with Crippen LogP contribution in [0.15, 0.2) is 47.1 Å². The van der Waals surface area contributed by atoms with Gasteiger partial charge in [0.2, 0.25) is 0 Å². The van der Waals surface area contributed by atoms with Gasteiger partial charge in [0.15, 0.2) is 0 Å². The van der Waals surface area contributed by atoms with Gasteiger partial charge in [-0.05, 0) is 36.8 Å². The van der Waals surface area contributed by atoms with E-state index in [-0.39, 0.29) is 5.91 Å². The highest BCUT2D eigenvalue weighted by molar-refractivity contribution is 9.10. The molecule has 0 fully saturated rings. The van der Waals surface area contributed by atoms with Crippen LogP contribution in [0.3, 0.4) is 0 Å². The molecule has 0 atom stereocenters. The Morgan fingerprint density at radius 2 is 2.11 bits per heavy atom. The Morgan fingerprint density at radius 1 is 1.32 bits per heavy atom. The maximum absolute atomic E-state index is 12.3. The largest absolute Gasteiger partial charge is 0.337 e. The van der Waals surface area contributed by atoms with Gasteiger partial charge in [0.1, 0.15) is 0 Å². The van der Waals surface area contributed by atoms with E-state index in [0.29, 0.717) is 12.1 Å². The molecule has 0 aliphatic carbocycles. The number of aryl methyl sites for hydroxylation is 1. The highest BCUT2D eigenvalue weighted by Crippen LogP contribution is 2.14. The molecule has 0 aliphatic heterocycles. The van der Waals surface area contributed by atoms with Gasteiger partial charge in [-0.3, -0.25) is 9.78 Å². The number of halogens is 1. The standard InChI is InChI=1S/C15H15BrN2O/c1-11-8-13(6-7-17-11)15(19)18(2)10-12-4-3-5-14(16)9-12/h3-9H,10H2,1-2H3. The van der Waals surface area contributed by atoms with Crippen molar-refractivity contribution in [3.05, 3.63) is 63.9 Å². The number of carbonyl (C=O) groups is 1. The lowest BCUT2D eigenvalue weighted by atomic mass is 10.2. The first-order valence-corrected chi connectivity index (χ1v) is 6.78. The molecule has 1 amide bonds. The van der Waals surface area contributed by atoms with Crippen molar-refractivity contribution < 1.29 is 4.79 Å². The highest BCUT2D eigenvalue weighted by atomic mass is 79.9. The van der Waals surface area contributed by atoms with Gasteiger partial charge in [-0.1, -0.05) is 28.1 Å². The molecule has 1 aromatic carbocycles. The second-order valence-corrected chi connectivity index (χ2v) is 5.39. The maximum Gasteiger partial charge on any atom is 0.254 e. The molecule has 0 radical (unpaired) electrons. The fourth-order valence-electron chi connectivity index (χ4n) is 1.88. The molecular weight excluding hydrogens is 304 g/mol. The van der Waals surface area contributed by atoms with E-state index in [4.69, 9.17) is 0 Å². The molecule has 19 heavy (non-hydrogen) atoms. The van der Waals surface area contributed by atoms with E-state index >= 15 is 0 Å². The second-order valence-electron chi connectivity index (χ2n) is 4.48. The van der Waals surface area contributed by atoms with Crippen LogP contribution >= 0.6 is 15.9 Å². The van der Waals surface area contributed by atoms with E-state index in [9.17, 15) is 4.79 Å². The first-order valence-electron chi connectivity index (χ1n) is 5.99. The summed E-state index contributed by atoms with van der Waals surface area (Å²) in [6.07, 6.45) is 1.66. The number of carbonyl (C=O) groups excluding carboxylic acids is 1. The van der Waals surface area contributed by atoms with Gasteiger partial charge in [-0.15, -0.1) is 0 Å². The van der Waals surface area contributed by atoms with Crippen molar-refractivity contribution in [1.82, 2.24) is 9.88 Å². The van der Waals surface area contributed by atoms with Crippen LogP contribution < -0.4 is 0 Å². The Bertz CT molecular complexity index is 598. The van der Waals surface area contributed by atoms with Crippen LogP contribution in [0, 0.1) is 6.92 Å². The van der Waals surface area contributed by atoms with Gasteiger partial charge in [0.25, 0.3) is 5.91 Å². The molecule has 0 saturated carbocycles. The summed E-state index contributed by atoms with van der Waals surface area (Å²) >= 11 is 3.43. The first-order chi connectivity index (χ1) is 9.06. The summed E-state index contributed by atoms with van der Waals surface area (Å²) in [6, 6.07) is 11.5. The number of nitrogens with zero attached hydrogens (tertiary/aromatic N) is 2. The summed E-state index contributed by atoms with van der Waals surface area (Å²) in [4.78, 5) is 18.1. The van der Waals surface area contributed by atoms with Gasteiger partial charge in [0, 0.05) is 35.5 Å². The van der Waals surface area contributed by atoms with Crippen molar-refractivity contribution in [2.75, 3.05) is 7.05 Å². The quantitative estimate of drug-likeness (QED) is 0.868. The Balaban J connectivity index is 2.12. The summed E-state index contributed by atoms with van der Waals surface area (Å²) in [5.41, 5.74) is 2.61. The topological polar surface area (TPSA) is 33.2 Å². The van der Waals surface area contributed by atoms with E-state index in [1.807, 2.05) is 31.2 Å². The van der Waals surface area contributed by atoms with Crippen molar-refractivity contribution in [2.24, 2.45) is 0 Å². The lowest BCUT2D eigenvalue weighted by Crippen LogP contribution is -2.26. The van der Waals surface area contributed by atoms with Crippen LogP contribution in [-0.2, 0) is 6.54 Å². The van der Waals surface area contributed by atoms with Crippen molar-refractivity contribution in [3.8, 4) is 0 Å². The molecule has 0 N–H and O–H groups in total. The summed E-state index contributed by atoms with van der Waals surface area (Å²) in [5, 5.41) is 0. The maximum atomic E-state index is 12.3. The molecule has 1 aromatic heterocycles. The molecule has 3 nitrogen and oxygen atoms in total. The molecule has 2 aromatic rings. The summed E-state index contributed by atoms with van der Waals surface area (Å²) < 4.78 is 1.02. The first kappa shape index (κ1) is 13.7. The highest BCUT2D eigenvalue weighted by Gasteiger charge is 2.12. The zero-order chi connectivity index (χ0) is 13.8. The predicted octanol–water partition coefficient (Wildman–Crippen LogP) is 3.42. The molecule has 0 saturated heterocycles. The second kappa shape index (κ2) is 5.97. The van der Waals surface area contributed by atoms with Crippen molar-refractivity contribution in [1.29, 1.82) is 0 Å². The minimum absolute atomic E-state index is 0.00507. The van der Waals surface area contributed by atoms with Crippen LogP contribution in [-0.4, -0.2) is 22.8 Å². The smallest absolute Gasteiger partial charge is 0.254 e. The monoisotopic (exact) mass is 318 g/mol. The van der Waals surface area contributed by atoms with Gasteiger partial charge in [-0.25, -0.2) is 0 Å². The van der Waals surface area contributed by atoms with Crippen LogP contribution in [0.5, 0.6) is 0 Å². The molecule has 0 unspecified atom stereocenters. The Labute approximate surface area is 121 Å². The SMILES string of the molecule is Cc1cc(C(=O)N(C)Cc2cccc(Br)c2)ccn1. The van der Waals surface area contributed by atoms with Crippen LogP contribution in [0.25, 0.3) is 0 Å². The van der Waals surface area contributed by atoms with Crippen LogP contribution in [0.2, 0.25) is 0 Å². The van der Waals surface area contributed by atoms with E-state index in [1.165, 1.54) is 0 Å². The van der Waals surface area contributed by atoms with Crippen LogP contribution in [0.4, 0.5) is 0 Å². The molecule has 0 aliphatic rings. The molecule has 0 bridgehead atoms. The number of aromatic nitrogens is 1. The van der Waals surface area contributed by atoms with Crippen molar-refractivity contribution in [2.45, 2.75) is 13.5 Å². The third kappa shape index (κ3) is 3.64. The summed E-state index contributed by atoms with van der Waals surface area (Å²) in [5.74, 6) is 0.00507. The molecule has 1 heterocycles. The predicted molar refractivity (Wildman–Crippen MR) is 78.9 cm³/mol. The molecule has 0 spiro atoms. The minimum atomic E-state index is 0.00507. The normalized spacial score (nSPS) is 10.3. The number of benzene rings is 1. The Kier molecular flexibility index (Phi) is 4.32. The molecular formula is C15H15BrN2O. The lowest BCUT2D eigenvalue weighted by Gasteiger charge is -2.17.